The molecule has 0 aliphatic carbocycles. The number of hydrogen-bond donors (Lipinski definition) is 1. The van der Waals surface area contributed by atoms with E-state index in [-0.39, 0.29) is 12.4 Å². The lowest BCUT2D eigenvalue weighted by Gasteiger charge is -2.08. The molecule has 0 amide bonds. The molecule has 1 heterocycles. The van der Waals surface area contributed by atoms with Crippen LogP contribution in [0.2, 0.25) is 0 Å². The fourth-order valence-electron chi connectivity index (χ4n) is 2.65. The quantitative estimate of drug-likeness (QED) is 0.606. The van der Waals surface area contributed by atoms with Gasteiger partial charge in [-0.1, -0.05) is 30.3 Å². The van der Waals surface area contributed by atoms with Gasteiger partial charge in [0.2, 0.25) is 0 Å². The first-order valence-electron chi connectivity index (χ1n) is 8.19. The SMILES string of the molecule is CCOC(=O)c1cc(-c2ccc(OC(F)(F)F)cc2)[nH]c1-c1ccccc1. The monoisotopic (exact) mass is 375 g/mol. The number of aromatic amines is 1. The Hall–Kier alpha value is -3.22. The Labute approximate surface area is 153 Å². The summed E-state index contributed by atoms with van der Waals surface area (Å²) < 4.78 is 45.9. The summed E-state index contributed by atoms with van der Waals surface area (Å²) in [5.41, 5.74) is 2.92. The number of benzene rings is 2. The van der Waals surface area contributed by atoms with E-state index in [2.05, 4.69) is 9.72 Å². The fourth-order valence-corrected chi connectivity index (χ4v) is 2.65. The smallest absolute Gasteiger partial charge is 0.462 e. The van der Waals surface area contributed by atoms with Crippen LogP contribution in [0.5, 0.6) is 5.75 Å². The second kappa shape index (κ2) is 7.57. The van der Waals surface area contributed by atoms with Gasteiger partial charge in [0.05, 0.1) is 17.9 Å². The molecular formula is C20H16F3NO3. The summed E-state index contributed by atoms with van der Waals surface area (Å²) in [5.74, 6) is -0.789. The largest absolute Gasteiger partial charge is 0.573 e. The summed E-state index contributed by atoms with van der Waals surface area (Å²) in [6.07, 6.45) is -4.74. The van der Waals surface area contributed by atoms with E-state index >= 15 is 0 Å². The molecule has 3 aromatic rings. The van der Waals surface area contributed by atoms with Gasteiger partial charge >= 0.3 is 12.3 Å². The molecule has 7 heteroatoms. The maximum Gasteiger partial charge on any atom is 0.573 e. The molecule has 0 atom stereocenters. The van der Waals surface area contributed by atoms with E-state index in [1.165, 1.54) is 24.3 Å². The van der Waals surface area contributed by atoms with Gasteiger partial charge in [0.15, 0.2) is 0 Å². The van der Waals surface area contributed by atoms with Crippen molar-refractivity contribution in [2.24, 2.45) is 0 Å². The molecule has 0 spiro atoms. The van der Waals surface area contributed by atoms with Crippen LogP contribution < -0.4 is 4.74 Å². The van der Waals surface area contributed by atoms with Crippen molar-refractivity contribution in [1.82, 2.24) is 4.98 Å². The minimum atomic E-state index is -4.74. The fraction of sp³-hybridized carbons (Fsp3) is 0.150. The van der Waals surface area contributed by atoms with Gasteiger partial charge in [-0.15, -0.1) is 13.2 Å². The van der Waals surface area contributed by atoms with Gasteiger partial charge in [-0.25, -0.2) is 4.79 Å². The molecule has 1 aromatic heterocycles. The lowest BCUT2D eigenvalue weighted by molar-refractivity contribution is -0.274. The van der Waals surface area contributed by atoms with Gasteiger partial charge < -0.3 is 14.5 Å². The molecule has 0 aliphatic rings. The molecule has 4 nitrogen and oxygen atoms in total. The Balaban J connectivity index is 1.98. The highest BCUT2D eigenvalue weighted by atomic mass is 19.4. The predicted octanol–water partition coefficient (Wildman–Crippen LogP) is 5.42. The van der Waals surface area contributed by atoms with Crippen molar-refractivity contribution in [2.75, 3.05) is 6.61 Å². The van der Waals surface area contributed by atoms with Crippen LogP contribution in [0.4, 0.5) is 13.2 Å². The van der Waals surface area contributed by atoms with Gasteiger partial charge in [0.1, 0.15) is 5.75 Å². The highest BCUT2D eigenvalue weighted by Crippen LogP contribution is 2.31. The summed E-state index contributed by atoms with van der Waals surface area (Å²) in [5, 5.41) is 0. The molecular weight excluding hydrogens is 359 g/mol. The average Bonchev–Trinajstić information content (AvgIpc) is 3.07. The third kappa shape index (κ3) is 4.49. The van der Waals surface area contributed by atoms with E-state index in [4.69, 9.17) is 4.74 Å². The highest BCUT2D eigenvalue weighted by molar-refractivity contribution is 5.98. The number of alkyl halides is 3. The summed E-state index contributed by atoms with van der Waals surface area (Å²) in [4.78, 5) is 15.5. The molecule has 140 valence electrons. The Morgan fingerprint density at radius 1 is 1.00 bits per heavy atom. The number of aromatic nitrogens is 1. The normalized spacial score (nSPS) is 11.3. The predicted molar refractivity (Wildman–Crippen MR) is 94.3 cm³/mol. The first kappa shape index (κ1) is 18.6. The second-order valence-corrected chi connectivity index (χ2v) is 5.63. The van der Waals surface area contributed by atoms with Crippen LogP contribution in [0.25, 0.3) is 22.5 Å². The zero-order chi connectivity index (χ0) is 19.4. The summed E-state index contributed by atoms with van der Waals surface area (Å²) in [6.45, 7) is 1.95. The van der Waals surface area contributed by atoms with Crippen molar-refractivity contribution < 1.29 is 27.4 Å². The van der Waals surface area contributed by atoms with Crippen molar-refractivity contribution in [3.8, 4) is 28.3 Å². The van der Waals surface area contributed by atoms with Crippen molar-refractivity contribution >= 4 is 5.97 Å². The maximum atomic E-state index is 12.3. The molecule has 1 N–H and O–H groups in total. The average molecular weight is 375 g/mol. The van der Waals surface area contributed by atoms with Crippen molar-refractivity contribution in [2.45, 2.75) is 13.3 Å². The number of hydrogen-bond acceptors (Lipinski definition) is 3. The van der Waals surface area contributed by atoms with Crippen molar-refractivity contribution in [3.05, 3.63) is 66.2 Å². The molecule has 0 fully saturated rings. The van der Waals surface area contributed by atoms with E-state index in [1.807, 2.05) is 30.3 Å². The van der Waals surface area contributed by atoms with Gasteiger partial charge in [-0.05, 0) is 48.4 Å². The summed E-state index contributed by atoms with van der Waals surface area (Å²) in [6, 6.07) is 16.3. The maximum absolute atomic E-state index is 12.3. The van der Waals surface area contributed by atoms with Gasteiger partial charge in [-0.3, -0.25) is 0 Å². The van der Waals surface area contributed by atoms with E-state index < -0.39 is 12.3 Å². The van der Waals surface area contributed by atoms with Gasteiger partial charge in [0.25, 0.3) is 0 Å². The topological polar surface area (TPSA) is 51.3 Å². The molecule has 0 saturated heterocycles. The second-order valence-electron chi connectivity index (χ2n) is 5.63. The number of esters is 1. The molecule has 3 rings (SSSR count). The number of halogens is 3. The molecule has 0 radical (unpaired) electrons. The van der Waals surface area contributed by atoms with Crippen LogP contribution in [-0.2, 0) is 4.74 Å². The van der Waals surface area contributed by atoms with E-state index in [0.29, 0.717) is 22.5 Å². The number of H-pyrrole nitrogens is 1. The molecule has 27 heavy (non-hydrogen) atoms. The Kier molecular flexibility index (Phi) is 5.21. The number of ether oxygens (including phenoxy) is 2. The standard InChI is InChI=1S/C20H16F3NO3/c1-2-26-19(25)16-12-17(24-18(16)14-6-4-3-5-7-14)13-8-10-15(11-9-13)27-20(21,22)23/h3-12,24H,2H2,1H3. The van der Waals surface area contributed by atoms with Crippen LogP contribution in [-0.4, -0.2) is 23.9 Å². The molecule has 0 aliphatic heterocycles. The first-order valence-corrected chi connectivity index (χ1v) is 8.19. The zero-order valence-corrected chi connectivity index (χ0v) is 14.3. The van der Waals surface area contributed by atoms with E-state index in [0.717, 1.165) is 5.56 Å². The molecule has 0 unspecified atom stereocenters. The van der Waals surface area contributed by atoms with Crippen LogP contribution in [0.1, 0.15) is 17.3 Å². The van der Waals surface area contributed by atoms with E-state index in [1.54, 1.807) is 13.0 Å². The van der Waals surface area contributed by atoms with Crippen LogP contribution >= 0.6 is 0 Å². The summed E-state index contributed by atoms with van der Waals surface area (Å²) in [7, 11) is 0. The first-order chi connectivity index (χ1) is 12.9. The molecule has 0 saturated carbocycles. The Bertz CT molecular complexity index is 916. The highest BCUT2D eigenvalue weighted by Gasteiger charge is 2.31. The lowest BCUT2D eigenvalue weighted by atomic mass is 10.1. The molecule has 2 aromatic carbocycles. The number of carbonyl (C=O) groups excluding carboxylic acids is 1. The minimum absolute atomic E-state index is 0.233. The van der Waals surface area contributed by atoms with Gasteiger partial charge in [0, 0.05) is 5.69 Å². The van der Waals surface area contributed by atoms with Gasteiger partial charge in [-0.2, -0.15) is 0 Å². The number of rotatable bonds is 5. The third-order valence-corrected chi connectivity index (χ3v) is 3.77. The Morgan fingerprint density at radius 3 is 2.26 bits per heavy atom. The number of carbonyl (C=O) groups is 1. The third-order valence-electron chi connectivity index (χ3n) is 3.77. The number of nitrogens with one attached hydrogen (secondary N) is 1. The molecule has 0 bridgehead atoms. The summed E-state index contributed by atoms with van der Waals surface area (Å²) >= 11 is 0. The lowest BCUT2D eigenvalue weighted by Crippen LogP contribution is -2.16. The zero-order valence-electron chi connectivity index (χ0n) is 14.3. The van der Waals surface area contributed by atoms with Crippen LogP contribution in [0.3, 0.4) is 0 Å². The van der Waals surface area contributed by atoms with E-state index in [9.17, 15) is 18.0 Å². The van der Waals surface area contributed by atoms with Crippen LogP contribution in [0.15, 0.2) is 60.7 Å². The Morgan fingerprint density at radius 2 is 1.67 bits per heavy atom. The van der Waals surface area contributed by atoms with Crippen molar-refractivity contribution in [3.63, 3.8) is 0 Å². The van der Waals surface area contributed by atoms with Crippen molar-refractivity contribution in [1.29, 1.82) is 0 Å². The minimum Gasteiger partial charge on any atom is -0.462 e. The van der Waals surface area contributed by atoms with Crippen LogP contribution in [0, 0.1) is 0 Å².